The van der Waals surface area contributed by atoms with Gasteiger partial charge in [-0.15, -0.1) is 0 Å². The van der Waals surface area contributed by atoms with Crippen molar-refractivity contribution in [2.45, 2.75) is 13.3 Å². The third-order valence-electron chi connectivity index (χ3n) is 4.57. The molecule has 0 saturated heterocycles. The van der Waals surface area contributed by atoms with Gasteiger partial charge in [0.15, 0.2) is 0 Å². The maximum Gasteiger partial charge on any atom is 0.271 e. The van der Waals surface area contributed by atoms with Crippen molar-refractivity contribution in [3.05, 3.63) is 101 Å². The van der Waals surface area contributed by atoms with Crippen LogP contribution in [0.5, 0.6) is 0 Å². The van der Waals surface area contributed by atoms with Gasteiger partial charge < -0.3 is 4.98 Å². The van der Waals surface area contributed by atoms with E-state index in [-0.39, 0.29) is 5.91 Å². The zero-order chi connectivity index (χ0) is 19.3. The van der Waals surface area contributed by atoms with E-state index in [1.165, 1.54) is 5.56 Å². The molecule has 0 aliphatic carbocycles. The minimum absolute atomic E-state index is 0.258. The van der Waals surface area contributed by atoms with E-state index < -0.39 is 0 Å². The summed E-state index contributed by atoms with van der Waals surface area (Å²) in [5.41, 5.74) is 8.04. The Morgan fingerprint density at radius 3 is 2.68 bits per heavy atom. The first-order valence-corrected chi connectivity index (χ1v) is 9.10. The highest BCUT2D eigenvalue weighted by atomic mass is 16.2. The standard InChI is InChI=1S/C23H20N4O/c1-16-7-5-6-10-19(16)15-24-27-23(28)18-11-12-20-21(14-18)26-22(25-20)13-17-8-3-2-4-9-17/h2-12,14-15H,13H2,1H3,(H,25,26)(H,27,28)/b24-15-. The largest absolute Gasteiger partial charge is 0.342 e. The van der Waals surface area contributed by atoms with Crippen molar-refractivity contribution < 1.29 is 4.79 Å². The van der Waals surface area contributed by atoms with Crippen molar-refractivity contribution in [3.63, 3.8) is 0 Å². The lowest BCUT2D eigenvalue weighted by Crippen LogP contribution is -2.17. The number of hydrogen-bond acceptors (Lipinski definition) is 3. The van der Waals surface area contributed by atoms with Gasteiger partial charge >= 0.3 is 0 Å². The number of carbonyl (C=O) groups is 1. The van der Waals surface area contributed by atoms with E-state index >= 15 is 0 Å². The van der Waals surface area contributed by atoms with Crippen molar-refractivity contribution in [3.8, 4) is 0 Å². The van der Waals surface area contributed by atoms with Crippen LogP contribution in [0.2, 0.25) is 0 Å². The molecule has 5 heteroatoms. The zero-order valence-corrected chi connectivity index (χ0v) is 15.5. The van der Waals surface area contributed by atoms with Gasteiger partial charge in [-0.3, -0.25) is 4.79 Å². The van der Waals surface area contributed by atoms with Crippen LogP contribution in [0.15, 0.2) is 77.9 Å². The maximum absolute atomic E-state index is 12.4. The fourth-order valence-corrected chi connectivity index (χ4v) is 3.03. The van der Waals surface area contributed by atoms with Gasteiger partial charge in [-0.25, -0.2) is 10.4 Å². The predicted octanol–water partition coefficient (Wildman–Crippen LogP) is 4.23. The number of imidazole rings is 1. The van der Waals surface area contributed by atoms with Crippen molar-refractivity contribution >= 4 is 23.2 Å². The van der Waals surface area contributed by atoms with Crippen molar-refractivity contribution in [2.75, 3.05) is 0 Å². The van der Waals surface area contributed by atoms with Crippen LogP contribution in [0.4, 0.5) is 0 Å². The van der Waals surface area contributed by atoms with E-state index in [1.807, 2.05) is 55.5 Å². The van der Waals surface area contributed by atoms with Crippen LogP contribution >= 0.6 is 0 Å². The molecule has 1 aromatic heterocycles. The SMILES string of the molecule is Cc1ccccc1/C=N\NC(=O)c1ccc2nc(Cc3ccccc3)[nH]c2c1. The first kappa shape index (κ1) is 17.7. The number of nitrogens with zero attached hydrogens (tertiary/aromatic N) is 2. The number of H-pyrrole nitrogens is 1. The molecule has 3 aromatic carbocycles. The third kappa shape index (κ3) is 3.99. The highest BCUT2D eigenvalue weighted by Gasteiger charge is 2.09. The van der Waals surface area contributed by atoms with Crippen molar-refractivity contribution in [1.29, 1.82) is 0 Å². The molecule has 0 unspecified atom stereocenters. The number of fused-ring (bicyclic) bond motifs is 1. The van der Waals surface area contributed by atoms with Gasteiger partial charge in [-0.1, -0.05) is 54.6 Å². The summed E-state index contributed by atoms with van der Waals surface area (Å²) >= 11 is 0. The fraction of sp³-hybridized carbons (Fsp3) is 0.0870. The molecule has 0 fully saturated rings. The number of benzene rings is 3. The number of rotatable bonds is 5. The topological polar surface area (TPSA) is 70.1 Å². The Morgan fingerprint density at radius 1 is 1.07 bits per heavy atom. The first-order chi connectivity index (χ1) is 13.7. The number of aromatic nitrogens is 2. The molecule has 4 aromatic rings. The van der Waals surface area contributed by atoms with Gasteiger partial charge in [0.05, 0.1) is 17.2 Å². The van der Waals surface area contributed by atoms with E-state index in [2.05, 4.69) is 32.6 Å². The van der Waals surface area contributed by atoms with Crippen LogP contribution in [0.25, 0.3) is 11.0 Å². The molecular weight excluding hydrogens is 348 g/mol. The summed E-state index contributed by atoms with van der Waals surface area (Å²) in [6.07, 6.45) is 2.37. The van der Waals surface area contributed by atoms with Crippen LogP contribution in [-0.2, 0) is 6.42 Å². The van der Waals surface area contributed by atoms with Crippen LogP contribution in [0.1, 0.15) is 32.9 Å². The second-order valence-corrected chi connectivity index (χ2v) is 6.63. The number of aromatic amines is 1. The van der Waals surface area contributed by atoms with Crippen LogP contribution < -0.4 is 5.43 Å². The minimum Gasteiger partial charge on any atom is -0.342 e. The van der Waals surface area contributed by atoms with E-state index in [0.29, 0.717) is 5.56 Å². The normalized spacial score (nSPS) is 11.2. The lowest BCUT2D eigenvalue weighted by atomic mass is 10.1. The van der Waals surface area contributed by atoms with Crippen molar-refractivity contribution in [1.82, 2.24) is 15.4 Å². The zero-order valence-electron chi connectivity index (χ0n) is 15.5. The molecule has 0 radical (unpaired) electrons. The number of nitrogens with one attached hydrogen (secondary N) is 2. The molecule has 1 amide bonds. The molecule has 0 atom stereocenters. The smallest absolute Gasteiger partial charge is 0.271 e. The average molecular weight is 368 g/mol. The molecule has 138 valence electrons. The van der Waals surface area contributed by atoms with Gasteiger partial charge in [0.2, 0.25) is 0 Å². The van der Waals surface area contributed by atoms with Gasteiger partial charge in [0.25, 0.3) is 5.91 Å². The van der Waals surface area contributed by atoms with E-state index in [1.54, 1.807) is 18.3 Å². The molecule has 5 nitrogen and oxygen atoms in total. The molecule has 0 spiro atoms. The van der Waals surface area contributed by atoms with Crippen LogP contribution in [0, 0.1) is 6.92 Å². The predicted molar refractivity (Wildman–Crippen MR) is 112 cm³/mol. The second kappa shape index (κ2) is 7.88. The molecule has 0 aliphatic heterocycles. The van der Waals surface area contributed by atoms with E-state index in [4.69, 9.17) is 0 Å². The molecule has 4 rings (SSSR count). The highest BCUT2D eigenvalue weighted by Crippen LogP contribution is 2.16. The van der Waals surface area contributed by atoms with E-state index in [9.17, 15) is 4.79 Å². The Morgan fingerprint density at radius 2 is 1.86 bits per heavy atom. The Labute approximate surface area is 163 Å². The fourth-order valence-electron chi connectivity index (χ4n) is 3.03. The number of aryl methyl sites for hydroxylation is 1. The Kier molecular flexibility index (Phi) is 4.97. The number of hydrogen-bond donors (Lipinski definition) is 2. The summed E-state index contributed by atoms with van der Waals surface area (Å²) in [5, 5.41) is 4.07. The summed E-state index contributed by atoms with van der Waals surface area (Å²) in [7, 11) is 0. The summed E-state index contributed by atoms with van der Waals surface area (Å²) in [5.74, 6) is 0.613. The molecule has 1 heterocycles. The minimum atomic E-state index is -0.258. The number of hydrazone groups is 1. The lowest BCUT2D eigenvalue weighted by molar-refractivity contribution is 0.0955. The first-order valence-electron chi connectivity index (χ1n) is 9.10. The quantitative estimate of drug-likeness (QED) is 0.409. The van der Waals surface area contributed by atoms with Gasteiger partial charge in [0.1, 0.15) is 5.82 Å². The summed E-state index contributed by atoms with van der Waals surface area (Å²) in [6, 6.07) is 23.4. The molecule has 2 N–H and O–H groups in total. The second-order valence-electron chi connectivity index (χ2n) is 6.63. The van der Waals surface area contributed by atoms with Crippen LogP contribution in [-0.4, -0.2) is 22.1 Å². The molecule has 0 aliphatic rings. The third-order valence-corrected chi connectivity index (χ3v) is 4.57. The molecule has 0 saturated carbocycles. The van der Waals surface area contributed by atoms with Gasteiger partial charge in [-0.2, -0.15) is 5.10 Å². The summed E-state index contributed by atoms with van der Waals surface area (Å²) in [6.45, 7) is 2.00. The van der Waals surface area contributed by atoms with E-state index in [0.717, 1.165) is 34.4 Å². The van der Waals surface area contributed by atoms with Crippen molar-refractivity contribution in [2.24, 2.45) is 5.10 Å². The summed E-state index contributed by atoms with van der Waals surface area (Å²) in [4.78, 5) is 20.3. The highest BCUT2D eigenvalue weighted by molar-refractivity contribution is 5.97. The molecule has 28 heavy (non-hydrogen) atoms. The van der Waals surface area contributed by atoms with Gasteiger partial charge in [-0.05, 0) is 41.8 Å². The monoisotopic (exact) mass is 368 g/mol. The summed E-state index contributed by atoms with van der Waals surface area (Å²) < 4.78 is 0. The Hall–Kier alpha value is -3.73. The Balaban J connectivity index is 1.48. The number of carbonyl (C=O) groups excluding carboxylic acids is 1. The lowest BCUT2D eigenvalue weighted by Gasteiger charge is -2.01. The maximum atomic E-state index is 12.4. The number of amides is 1. The average Bonchev–Trinajstić information content (AvgIpc) is 3.11. The molecule has 0 bridgehead atoms. The molecular formula is C23H20N4O. The Bertz CT molecular complexity index is 1150. The van der Waals surface area contributed by atoms with Gasteiger partial charge in [0, 0.05) is 12.0 Å². The van der Waals surface area contributed by atoms with Crippen LogP contribution in [0.3, 0.4) is 0 Å².